The molecule has 0 radical (unpaired) electrons. The minimum Gasteiger partial charge on any atom is -0.496 e. The van der Waals surface area contributed by atoms with Gasteiger partial charge in [-0.05, 0) is 45.5 Å². The van der Waals surface area contributed by atoms with Gasteiger partial charge in [0.15, 0.2) is 0 Å². The number of hydrogen-bond acceptors (Lipinski definition) is 5. The van der Waals surface area contributed by atoms with Crippen LogP contribution in [0.2, 0.25) is 0 Å². The number of benzene rings is 1. The summed E-state index contributed by atoms with van der Waals surface area (Å²) in [5.74, 6) is 0.672. The second-order valence-electron chi connectivity index (χ2n) is 5.32. The topological polar surface area (TPSA) is 67.6 Å². The van der Waals surface area contributed by atoms with Gasteiger partial charge in [0.05, 0.1) is 12.0 Å². The second-order valence-corrected chi connectivity index (χ2v) is 5.32. The number of nitro benzene ring substituents is 1. The van der Waals surface area contributed by atoms with E-state index in [-0.39, 0.29) is 16.7 Å². The Hall–Kier alpha value is -1.82. The third-order valence-corrected chi connectivity index (χ3v) is 3.79. The van der Waals surface area contributed by atoms with Crippen LogP contribution in [0.1, 0.15) is 18.4 Å². The number of rotatable bonds is 4. The maximum atomic E-state index is 11.2. The van der Waals surface area contributed by atoms with Crippen LogP contribution in [0.25, 0.3) is 0 Å². The molecule has 0 spiro atoms. The highest BCUT2D eigenvalue weighted by molar-refractivity contribution is 5.66. The lowest BCUT2D eigenvalue weighted by Crippen LogP contribution is -2.36. The molecule has 1 aliphatic rings. The van der Waals surface area contributed by atoms with E-state index in [1.54, 1.807) is 19.2 Å². The highest BCUT2D eigenvalue weighted by atomic mass is 16.6. The molecule has 0 aliphatic carbocycles. The molecule has 6 heteroatoms. The van der Waals surface area contributed by atoms with Crippen molar-refractivity contribution in [1.82, 2.24) is 4.90 Å². The van der Waals surface area contributed by atoms with Gasteiger partial charge in [-0.1, -0.05) is 0 Å². The summed E-state index contributed by atoms with van der Waals surface area (Å²) in [6.45, 7) is 3.83. The van der Waals surface area contributed by atoms with E-state index in [9.17, 15) is 10.1 Å². The number of nitrogens with zero attached hydrogens (tertiary/aromatic N) is 2. The average Bonchev–Trinajstić information content (AvgIpc) is 2.42. The van der Waals surface area contributed by atoms with E-state index in [0.29, 0.717) is 11.4 Å². The molecule has 0 bridgehead atoms. The third kappa shape index (κ3) is 3.19. The number of methoxy groups -OCH3 is 1. The molecule has 1 fully saturated rings. The van der Waals surface area contributed by atoms with Crippen molar-refractivity contribution in [2.45, 2.75) is 25.8 Å². The van der Waals surface area contributed by atoms with Crippen molar-refractivity contribution in [2.24, 2.45) is 0 Å². The molecule has 2 rings (SSSR count). The van der Waals surface area contributed by atoms with Crippen molar-refractivity contribution in [3.05, 3.63) is 27.8 Å². The zero-order chi connectivity index (χ0) is 14.7. The molecule has 0 atom stereocenters. The van der Waals surface area contributed by atoms with Gasteiger partial charge in [-0.3, -0.25) is 10.1 Å². The van der Waals surface area contributed by atoms with Crippen molar-refractivity contribution < 1.29 is 9.66 Å². The van der Waals surface area contributed by atoms with Crippen LogP contribution in [0.3, 0.4) is 0 Å². The normalized spacial score (nSPS) is 16.9. The Morgan fingerprint density at radius 1 is 1.40 bits per heavy atom. The van der Waals surface area contributed by atoms with Crippen LogP contribution in [0.5, 0.6) is 5.75 Å². The molecule has 0 unspecified atom stereocenters. The molecule has 1 aromatic carbocycles. The van der Waals surface area contributed by atoms with Crippen molar-refractivity contribution in [2.75, 3.05) is 32.6 Å². The minimum absolute atomic E-state index is 0.113. The van der Waals surface area contributed by atoms with Crippen LogP contribution < -0.4 is 10.1 Å². The number of ether oxygens (including phenoxy) is 1. The fraction of sp³-hybridized carbons (Fsp3) is 0.571. The van der Waals surface area contributed by atoms with Crippen molar-refractivity contribution in [3.63, 3.8) is 0 Å². The number of piperidine rings is 1. The summed E-state index contributed by atoms with van der Waals surface area (Å²) in [7, 11) is 3.67. The molecule has 1 heterocycles. The van der Waals surface area contributed by atoms with Gasteiger partial charge in [0, 0.05) is 18.2 Å². The monoisotopic (exact) mass is 279 g/mol. The molecule has 1 N–H and O–H groups in total. The van der Waals surface area contributed by atoms with Crippen molar-refractivity contribution >= 4 is 11.4 Å². The lowest BCUT2D eigenvalue weighted by molar-refractivity contribution is -0.384. The van der Waals surface area contributed by atoms with E-state index in [4.69, 9.17) is 4.74 Å². The maximum Gasteiger partial charge on any atom is 0.292 e. The van der Waals surface area contributed by atoms with Crippen molar-refractivity contribution in [1.29, 1.82) is 0 Å². The summed E-state index contributed by atoms with van der Waals surface area (Å²) in [6.07, 6.45) is 1.98. The van der Waals surface area contributed by atoms with Gasteiger partial charge in [-0.2, -0.15) is 0 Å². The van der Waals surface area contributed by atoms with E-state index in [1.165, 1.54) is 0 Å². The van der Waals surface area contributed by atoms with E-state index in [0.717, 1.165) is 31.5 Å². The van der Waals surface area contributed by atoms with Crippen LogP contribution >= 0.6 is 0 Å². The molecule has 0 saturated carbocycles. The van der Waals surface area contributed by atoms with E-state index in [2.05, 4.69) is 17.3 Å². The molecule has 0 aromatic heterocycles. The number of likely N-dealkylation sites (tertiary alicyclic amines) is 1. The zero-order valence-corrected chi connectivity index (χ0v) is 12.2. The van der Waals surface area contributed by atoms with Gasteiger partial charge in [0.1, 0.15) is 11.4 Å². The third-order valence-electron chi connectivity index (χ3n) is 3.79. The zero-order valence-electron chi connectivity index (χ0n) is 12.2. The fourth-order valence-corrected chi connectivity index (χ4v) is 2.53. The van der Waals surface area contributed by atoms with Crippen LogP contribution in [0.4, 0.5) is 11.4 Å². The van der Waals surface area contributed by atoms with Crippen molar-refractivity contribution in [3.8, 4) is 5.75 Å². The first-order valence-corrected chi connectivity index (χ1v) is 6.79. The van der Waals surface area contributed by atoms with Crippen LogP contribution in [-0.4, -0.2) is 43.1 Å². The Bertz CT molecular complexity index is 497. The van der Waals surface area contributed by atoms with E-state index < -0.39 is 0 Å². The Kier molecular flexibility index (Phi) is 4.44. The van der Waals surface area contributed by atoms with Gasteiger partial charge in [-0.15, -0.1) is 0 Å². The average molecular weight is 279 g/mol. The Balaban J connectivity index is 2.22. The van der Waals surface area contributed by atoms with Crippen LogP contribution in [0, 0.1) is 17.0 Å². The number of nitrogens with one attached hydrogen (secondary N) is 1. The summed E-state index contributed by atoms with van der Waals surface area (Å²) >= 11 is 0. The summed E-state index contributed by atoms with van der Waals surface area (Å²) in [4.78, 5) is 13.1. The molecule has 1 saturated heterocycles. The quantitative estimate of drug-likeness (QED) is 0.677. The van der Waals surface area contributed by atoms with Gasteiger partial charge in [0.2, 0.25) is 0 Å². The molecular formula is C14H21N3O3. The minimum atomic E-state index is -0.344. The van der Waals surface area contributed by atoms with E-state index in [1.807, 2.05) is 6.92 Å². The fourth-order valence-electron chi connectivity index (χ4n) is 2.53. The Morgan fingerprint density at radius 2 is 2.05 bits per heavy atom. The molecule has 20 heavy (non-hydrogen) atoms. The summed E-state index contributed by atoms with van der Waals surface area (Å²) in [6, 6.07) is 3.57. The highest BCUT2D eigenvalue weighted by Gasteiger charge is 2.22. The molecule has 6 nitrogen and oxygen atoms in total. The first kappa shape index (κ1) is 14.6. The summed E-state index contributed by atoms with van der Waals surface area (Å²) < 4.78 is 5.26. The van der Waals surface area contributed by atoms with Crippen LogP contribution in [-0.2, 0) is 0 Å². The van der Waals surface area contributed by atoms with Gasteiger partial charge in [0.25, 0.3) is 5.69 Å². The standard InChI is InChI=1S/C14H21N3O3/c1-10-8-13(17(18)19)12(9-14(10)20-3)15-11-4-6-16(2)7-5-11/h8-9,11,15H,4-7H2,1-3H3. The number of hydrogen-bond donors (Lipinski definition) is 1. The lowest BCUT2D eigenvalue weighted by atomic mass is 10.0. The SMILES string of the molecule is COc1cc(NC2CCN(C)CC2)c([N+](=O)[O-])cc1C. The predicted octanol–water partition coefficient (Wildman–Crippen LogP) is 2.42. The lowest BCUT2D eigenvalue weighted by Gasteiger charge is -2.30. The Morgan fingerprint density at radius 3 is 2.60 bits per heavy atom. The predicted molar refractivity (Wildman–Crippen MR) is 78.5 cm³/mol. The summed E-state index contributed by atoms with van der Waals surface area (Å²) in [5, 5.41) is 14.5. The number of aryl methyl sites for hydroxylation is 1. The first-order valence-electron chi connectivity index (χ1n) is 6.79. The summed E-state index contributed by atoms with van der Waals surface area (Å²) in [5.41, 5.74) is 1.43. The largest absolute Gasteiger partial charge is 0.496 e. The second kappa shape index (κ2) is 6.09. The maximum absolute atomic E-state index is 11.2. The molecule has 0 amide bonds. The van der Waals surface area contributed by atoms with Gasteiger partial charge < -0.3 is 15.0 Å². The first-order chi connectivity index (χ1) is 9.51. The molecular weight excluding hydrogens is 258 g/mol. The van der Waals surface area contributed by atoms with Gasteiger partial charge in [-0.25, -0.2) is 0 Å². The smallest absolute Gasteiger partial charge is 0.292 e. The van der Waals surface area contributed by atoms with Gasteiger partial charge >= 0.3 is 0 Å². The molecule has 1 aliphatic heterocycles. The van der Waals surface area contributed by atoms with Crippen LogP contribution in [0.15, 0.2) is 12.1 Å². The number of nitro groups is 1. The Labute approximate surface area is 118 Å². The number of anilines is 1. The van der Waals surface area contributed by atoms with E-state index >= 15 is 0 Å². The highest BCUT2D eigenvalue weighted by Crippen LogP contribution is 2.33. The molecule has 1 aromatic rings. The molecule has 110 valence electrons.